The molecule has 0 saturated carbocycles. The van der Waals surface area contributed by atoms with Crippen molar-refractivity contribution in [1.82, 2.24) is 0 Å². The normalized spacial score (nSPS) is 14.5. The van der Waals surface area contributed by atoms with Crippen LogP contribution >= 0.6 is 0 Å². The second kappa shape index (κ2) is 5.50. The monoisotopic (exact) mass is 251 g/mol. The van der Waals surface area contributed by atoms with Crippen molar-refractivity contribution in [3.63, 3.8) is 0 Å². The van der Waals surface area contributed by atoms with Crippen LogP contribution in [-0.4, -0.2) is 38.8 Å². The number of hydrogen-bond acceptors (Lipinski definition) is 5. The molecular formula is C12H13NO5. The van der Waals surface area contributed by atoms with Gasteiger partial charge in [-0.1, -0.05) is 0 Å². The number of ether oxygens (including phenoxy) is 3. The molecule has 96 valence electrons. The molecule has 18 heavy (non-hydrogen) atoms. The molecule has 0 aliphatic carbocycles. The van der Waals surface area contributed by atoms with E-state index in [-0.39, 0.29) is 6.10 Å². The van der Waals surface area contributed by atoms with Crippen LogP contribution in [0.3, 0.4) is 0 Å². The van der Waals surface area contributed by atoms with Crippen molar-refractivity contribution in [3.8, 4) is 5.75 Å². The maximum Gasteiger partial charge on any atom is 0.337 e. The van der Waals surface area contributed by atoms with Crippen LogP contribution in [0.4, 0.5) is 5.69 Å². The number of methoxy groups -OCH3 is 1. The molecule has 2 rings (SSSR count). The van der Waals surface area contributed by atoms with Gasteiger partial charge in [0.15, 0.2) is 0 Å². The Morgan fingerprint density at radius 3 is 2.83 bits per heavy atom. The second-order valence-corrected chi connectivity index (χ2v) is 3.74. The van der Waals surface area contributed by atoms with Crippen LogP contribution < -0.4 is 10.1 Å². The van der Waals surface area contributed by atoms with Crippen molar-refractivity contribution in [3.05, 3.63) is 23.8 Å². The van der Waals surface area contributed by atoms with E-state index in [1.165, 1.54) is 13.2 Å². The van der Waals surface area contributed by atoms with E-state index in [9.17, 15) is 9.59 Å². The predicted molar refractivity (Wildman–Crippen MR) is 62.7 cm³/mol. The first kappa shape index (κ1) is 12.4. The van der Waals surface area contributed by atoms with Crippen LogP contribution in [0.2, 0.25) is 0 Å². The number of benzene rings is 1. The van der Waals surface area contributed by atoms with E-state index in [1.807, 2.05) is 0 Å². The van der Waals surface area contributed by atoms with Crippen LogP contribution in [-0.2, 0) is 14.3 Å². The first-order chi connectivity index (χ1) is 8.74. The van der Waals surface area contributed by atoms with E-state index in [4.69, 9.17) is 9.47 Å². The first-order valence-corrected chi connectivity index (χ1v) is 5.41. The van der Waals surface area contributed by atoms with Crippen molar-refractivity contribution in [1.29, 1.82) is 0 Å². The molecule has 0 bridgehead atoms. The van der Waals surface area contributed by atoms with Gasteiger partial charge in [-0.25, -0.2) is 4.79 Å². The Balaban J connectivity index is 2.24. The molecule has 1 aliphatic heterocycles. The highest BCUT2D eigenvalue weighted by molar-refractivity contribution is 5.91. The maximum atomic E-state index is 11.4. The van der Waals surface area contributed by atoms with E-state index in [1.54, 1.807) is 12.1 Å². The zero-order chi connectivity index (χ0) is 13.0. The number of hydrogen-bond donors (Lipinski definition) is 1. The fourth-order valence-corrected chi connectivity index (χ4v) is 1.51. The van der Waals surface area contributed by atoms with Crippen molar-refractivity contribution in [2.24, 2.45) is 0 Å². The van der Waals surface area contributed by atoms with E-state index >= 15 is 0 Å². The Bertz CT molecular complexity index is 456. The predicted octanol–water partition coefficient (Wildman–Crippen LogP) is 0.819. The molecule has 0 spiro atoms. The van der Waals surface area contributed by atoms with Crippen LogP contribution in [0.15, 0.2) is 18.2 Å². The highest BCUT2D eigenvalue weighted by atomic mass is 16.6. The largest absolute Gasteiger partial charge is 0.483 e. The lowest BCUT2D eigenvalue weighted by molar-refractivity contribution is -0.105. The molecule has 0 radical (unpaired) electrons. The number of anilines is 1. The molecule has 0 atom stereocenters. The van der Waals surface area contributed by atoms with Crippen LogP contribution in [0.5, 0.6) is 5.75 Å². The molecular weight excluding hydrogens is 238 g/mol. The van der Waals surface area contributed by atoms with Gasteiger partial charge < -0.3 is 19.5 Å². The van der Waals surface area contributed by atoms with Gasteiger partial charge in [-0.2, -0.15) is 0 Å². The lowest BCUT2D eigenvalue weighted by Gasteiger charge is -2.27. The van der Waals surface area contributed by atoms with Crippen LogP contribution in [0, 0.1) is 0 Å². The summed E-state index contributed by atoms with van der Waals surface area (Å²) in [4.78, 5) is 21.9. The second-order valence-electron chi connectivity index (χ2n) is 3.74. The number of carbonyl (C=O) groups is 2. The molecule has 6 heteroatoms. The smallest absolute Gasteiger partial charge is 0.337 e. The highest BCUT2D eigenvalue weighted by Gasteiger charge is 2.22. The SMILES string of the molecule is COC(=O)c1ccc(NC=O)c(OC2COC2)c1. The average Bonchev–Trinajstić information content (AvgIpc) is 2.34. The topological polar surface area (TPSA) is 73.9 Å². The molecule has 1 N–H and O–H groups in total. The van der Waals surface area contributed by atoms with Gasteiger partial charge in [0.05, 0.1) is 31.6 Å². The lowest BCUT2D eigenvalue weighted by Crippen LogP contribution is -2.38. The Morgan fingerprint density at radius 1 is 1.50 bits per heavy atom. The van der Waals surface area contributed by atoms with Gasteiger partial charge in [0.25, 0.3) is 0 Å². The van der Waals surface area contributed by atoms with Gasteiger partial charge in [-0.15, -0.1) is 0 Å². The van der Waals surface area contributed by atoms with Gasteiger partial charge in [0.2, 0.25) is 6.41 Å². The zero-order valence-corrected chi connectivity index (χ0v) is 9.84. The Kier molecular flexibility index (Phi) is 3.78. The fourth-order valence-electron chi connectivity index (χ4n) is 1.51. The molecule has 1 aromatic rings. The molecule has 0 aromatic heterocycles. The van der Waals surface area contributed by atoms with Crippen molar-refractivity contribution >= 4 is 18.1 Å². The van der Waals surface area contributed by atoms with Gasteiger partial charge in [-0.05, 0) is 18.2 Å². The summed E-state index contributed by atoms with van der Waals surface area (Å²) in [6, 6.07) is 4.69. The van der Waals surface area contributed by atoms with E-state index in [0.717, 1.165) is 0 Å². The number of amides is 1. The maximum absolute atomic E-state index is 11.4. The molecule has 1 fully saturated rings. The number of nitrogens with one attached hydrogen (secondary N) is 1. The lowest BCUT2D eigenvalue weighted by atomic mass is 10.2. The minimum absolute atomic E-state index is 0.0508. The summed E-state index contributed by atoms with van der Waals surface area (Å²) >= 11 is 0. The molecule has 1 amide bonds. The molecule has 6 nitrogen and oxygen atoms in total. The molecule has 1 saturated heterocycles. The number of rotatable bonds is 5. The summed E-state index contributed by atoms with van der Waals surface area (Å²) in [5.74, 6) is -0.0272. The van der Waals surface area contributed by atoms with Crippen molar-refractivity contribution in [2.45, 2.75) is 6.10 Å². The third-order valence-corrected chi connectivity index (χ3v) is 2.52. The molecule has 0 unspecified atom stereocenters. The first-order valence-electron chi connectivity index (χ1n) is 5.41. The third kappa shape index (κ3) is 2.60. The van der Waals surface area contributed by atoms with Gasteiger partial charge in [0, 0.05) is 0 Å². The summed E-state index contributed by atoms with van der Waals surface area (Å²) in [5.41, 5.74) is 0.869. The quantitative estimate of drug-likeness (QED) is 0.619. The number of carbonyl (C=O) groups excluding carboxylic acids is 2. The summed E-state index contributed by atoms with van der Waals surface area (Å²) in [5, 5.41) is 2.52. The summed E-state index contributed by atoms with van der Waals surface area (Å²) in [6.07, 6.45) is 0.502. The standard InChI is InChI=1S/C12H13NO5/c1-16-12(15)8-2-3-10(13-7-14)11(4-8)18-9-5-17-6-9/h2-4,7,9H,5-6H2,1H3,(H,13,14). The van der Waals surface area contributed by atoms with Crippen molar-refractivity contribution < 1.29 is 23.8 Å². The molecule has 1 heterocycles. The van der Waals surface area contributed by atoms with E-state index in [2.05, 4.69) is 10.1 Å². The minimum Gasteiger partial charge on any atom is -0.483 e. The number of esters is 1. The van der Waals surface area contributed by atoms with E-state index < -0.39 is 5.97 Å². The summed E-state index contributed by atoms with van der Waals surface area (Å²) in [6.45, 7) is 1.01. The van der Waals surface area contributed by atoms with Gasteiger partial charge >= 0.3 is 5.97 Å². The van der Waals surface area contributed by atoms with Crippen molar-refractivity contribution in [2.75, 3.05) is 25.6 Å². The third-order valence-electron chi connectivity index (χ3n) is 2.52. The molecule has 1 aromatic carbocycles. The fraction of sp³-hybridized carbons (Fsp3) is 0.333. The Morgan fingerprint density at radius 2 is 2.28 bits per heavy atom. The van der Waals surface area contributed by atoms with Gasteiger partial charge in [-0.3, -0.25) is 4.79 Å². The van der Waals surface area contributed by atoms with E-state index in [0.29, 0.717) is 36.6 Å². The molecule has 1 aliphatic rings. The average molecular weight is 251 g/mol. The Labute approximate surface area is 104 Å². The van der Waals surface area contributed by atoms with Crippen LogP contribution in [0.25, 0.3) is 0 Å². The van der Waals surface area contributed by atoms with Crippen LogP contribution in [0.1, 0.15) is 10.4 Å². The summed E-state index contributed by atoms with van der Waals surface area (Å²) < 4.78 is 15.2. The zero-order valence-electron chi connectivity index (χ0n) is 9.84. The van der Waals surface area contributed by atoms with Gasteiger partial charge in [0.1, 0.15) is 11.9 Å². The summed E-state index contributed by atoms with van der Waals surface area (Å²) in [7, 11) is 1.31. The Hall–Kier alpha value is -2.08. The highest BCUT2D eigenvalue weighted by Crippen LogP contribution is 2.28. The minimum atomic E-state index is -0.456.